The van der Waals surface area contributed by atoms with Crippen molar-refractivity contribution in [2.45, 2.75) is 24.7 Å². The molecule has 0 radical (unpaired) electrons. The van der Waals surface area contributed by atoms with E-state index in [1.54, 1.807) is 24.3 Å². The Balaban J connectivity index is 1.67. The van der Waals surface area contributed by atoms with Crippen LogP contribution in [-0.2, 0) is 0 Å². The number of ether oxygens (including phenoxy) is 1. The average molecular weight is 441 g/mol. The Bertz CT molecular complexity index is 1180. The second-order valence-corrected chi connectivity index (χ2v) is 7.26. The van der Waals surface area contributed by atoms with E-state index in [9.17, 15) is 18.0 Å². The fraction of sp³-hybridized carbons (Fsp3) is 0.227. The molecule has 0 saturated heterocycles. The largest absolute Gasteiger partial charge is 0.497 e. The number of alkyl halides is 3. The highest BCUT2D eigenvalue weighted by atomic mass is 19.4. The zero-order chi connectivity index (χ0) is 22.9. The zero-order valence-electron chi connectivity index (χ0n) is 16.8. The summed E-state index contributed by atoms with van der Waals surface area (Å²) in [4.78, 5) is 12.8. The zero-order valence-corrected chi connectivity index (χ0v) is 16.8. The van der Waals surface area contributed by atoms with Gasteiger partial charge < -0.3 is 15.4 Å². The molecule has 164 valence electrons. The van der Waals surface area contributed by atoms with Crippen molar-refractivity contribution < 1.29 is 22.7 Å². The van der Waals surface area contributed by atoms with Crippen LogP contribution in [0.15, 0.2) is 54.7 Å². The van der Waals surface area contributed by atoms with Crippen molar-refractivity contribution in [1.29, 1.82) is 5.26 Å². The van der Waals surface area contributed by atoms with E-state index >= 15 is 0 Å². The number of aromatic nitrogens is 2. The number of nitrogens with zero attached hydrogens (tertiary/aromatic N) is 3. The van der Waals surface area contributed by atoms with Crippen molar-refractivity contribution in [2.75, 3.05) is 17.7 Å². The van der Waals surface area contributed by atoms with Crippen molar-refractivity contribution in [3.63, 3.8) is 0 Å². The van der Waals surface area contributed by atoms with Crippen molar-refractivity contribution in [3.8, 4) is 11.8 Å². The van der Waals surface area contributed by atoms with Gasteiger partial charge in [-0.05, 0) is 42.0 Å². The van der Waals surface area contributed by atoms with Crippen molar-refractivity contribution in [2.24, 2.45) is 0 Å². The number of benzene rings is 2. The summed E-state index contributed by atoms with van der Waals surface area (Å²) in [5.41, 5.74) is 1.41. The first kappa shape index (κ1) is 21.2. The fourth-order valence-corrected chi connectivity index (χ4v) is 3.63. The number of nitriles is 1. The number of amides is 1. The van der Waals surface area contributed by atoms with Crippen molar-refractivity contribution >= 4 is 17.4 Å². The number of carbonyl (C=O) groups is 1. The van der Waals surface area contributed by atoms with Crippen molar-refractivity contribution in [1.82, 2.24) is 9.78 Å². The predicted molar refractivity (Wildman–Crippen MR) is 110 cm³/mol. The molecule has 0 bridgehead atoms. The molecule has 0 aliphatic carbocycles. The Hall–Kier alpha value is -4.00. The Morgan fingerprint density at radius 1 is 1.28 bits per heavy atom. The summed E-state index contributed by atoms with van der Waals surface area (Å²) in [5, 5.41) is 18.4. The number of methoxy groups -OCH3 is 1. The molecule has 1 aliphatic rings. The first-order valence-electron chi connectivity index (χ1n) is 9.66. The van der Waals surface area contributed by atoms with Crippen LogP contribution in [0.4, 0.5) is 24.7 Å². The number of carbonyl (C=O) groups excluding carboxylic acids is 1. The Morgan fingerprint density at radius 3 is 2.69 bits per heavy atom. The summed E-state index contributed by atoms with van der Waals surface area (Å²) >= 11 is 0. The van der Waals surface area contributed by atoms with Gasteiger partial charge in [0, 0.05) is 12.1 Å². The summed E-state index contributed by atoms with van der Waals surface area (Å²) in [5.74, 6) is -0.112. The quantitative estimate of drug-likeness (QED) is 0.614. The van der Waals surface area contributed by atoms with Gasteiger partial charge in [-0.25, -0.2) is 4.68 Å². The van der Waals surface area contributed by atoms with Gasteiger partial charge in [0.2, 0.25) is 0 Å². The molecule has 2 heterocycles. The van der Waals surface area contributed by atoms with Crippen LogP contribution in [0.3, 0.4) is 0 Å². The Labute approximate surface area is 181 Å². The first-order chi connectivity index (χ1) is 15.3. The van der Waals surface area contributed by atoms with E-state index in [2.05, 4.69) is 15.7 Å². The van der Waals surface area contributed by atoms with E-state index in [1.165, 1.54) is 31.4 Å². The van der Waals surface area contributed by atoms with E-state index in [1.807, 2.05) is 6.07 Å². The number of fused-ring (bicyclic) bond motifs is 1. The molecule has 1 aromatic heterocycles. The van der Waals surface area contributed by atoms with E-state index in [0.717, 1.165) is 10.9 Å². The highest BCUT2D eigenvalue weighted by molar-refractivity contribution is 6.07. The van der Waals surface area contributed by atoms with Gasteiger partial charge >= 0.3 is 6.18 Å². The second-order valence-electron chi connectivity index (χ2n) is 7.26. The molecule has 32 heavy (non-hydrogen) atoms. The summed E-state index contributed by atoms with van der Waals surface area (Å²) in [6.07, 6.45) is -3.73. The van der Waals surface area contributed by atoms with Crippen LogP contribution in [0.25, 0.3) is 0 Å². The second kappa shape index (κ2) is 8.26. The fourth-order valence-electron chi connectivity index (χ4n) is 3.63. The van der Waals surface area contributed by atoms with E-state index < -0.39 is 24.2 Å². The molecular formula is C22H18F3N5O2. The first-order valence-corrected chi connectivity index (χ1v) is 9.66. The maximum atomic E-state index is 13.8. The van der Waals surface area contributed by atoms with Crippen LogP contribution in [0.1, 0.15) is 40.0 Å². The van der Waals surface area contributed by atoms with Crippen LogP contribution in [0.5, 0.6) is 5.75 Å². The molecule has 10 heteroatoms. The third-order valence-electron chi connectivity index (χ3n) is 5.25. The molecule has 1 amide bonds. The molecule has 1 aliphatic heterocycles. The minimum Gasteiger partial charge on any atom is -0.497 e. The standard InChI is InChI=1S/C22H18F3N5O2/c1-32-16-4-2-3-14(9-16)18-10-19(22(23,24)25)30-20(29-18)17(12-27-30)21(31)28-15-7-5-13(11-26)6-8-15/h2-9,12,18-19,29H,10H2,1H3,(H,28,31)/t18-,19+/m0/s1. The van der Waals surface area contributed by atoms with E-state index in [0.29, 0.717) is 22.6 Å². The number of anilines is 2. The number of nitrogens with one attached hydrogen (secondary N) is 2. The van der Waals surface area contributed by atoms with Gasteiger partial charge in [0.05, 0.1) is 31.0 Å². The number of rotatable bonds is 4. The molecular weight excluding hydrogens is 423 g/mol. The Kier molecular flexibility index (Phi) is 5.48. The van der Waals surface area contributed by atoms with Gasteiger partial charge in [-0.3, -0.25) is 4.79 Å². The number of halogens is 3. The monoisotopic (exact) mass is 441 g/mol. The number of hydrogen-bond acceptors (Lipinski definition) is 5. The average Bonchev–Trinajstić information content (AvgIpc) is 3.22. The normalized spacial score (nSPS) is 17.6. The summed E-state index contributed by atoms with van der Waals surface area (Å²) < 4.78 is 47.5. The van der Waals surface area contributed by atoms with Crippen LogP contribution in [0, 0.1) is 11.3 Å². The Morgan fingerprint density at radius 2 is 2.03 bits per heavy atom. The van der Waals surface area contributed by atoms with Crippen LogP contribution in [-0.4, -0.2) is 29.0 Å². The maximum absolute atomic E-state index is 13.8. The molecule has 0 fully saturated rings. The summed E-state index contributed by atoms with van der Waals surface area (Å²) in [6.45, 7) is 0. The third-order valence-corrected chi connectivity index (χ3v) is 5.25. The smallest absolute Gasteiger partial charge is 0.410 e. The highest BCUT2D eigenvalue weighted by Crippen LogP contribution is 2.44. The van der Waals surface area contributed by atoms with Crippen LogP contribution in [0.2, 0.25) is 0 Å². The van der Waals surface area contributed by atoms with Gasteiger partial charge in [-0.1, -0.05) is 12.1 Å². The lowest BCUT2D eigenvalue weighted by Gasteiger charge is -2.34. The molecule has 2 N–H and O–H groups in total. The lowest BCUT2D eigenvalue weighted by atomic mass is 9.96. The van der Waals surface area contributed by atoms with Gasteiger partial charge in [-0.15, -0.1) is 0 Å². The minimum absolute atomic E-state index is 0.0162. The number of hydrogen-bond donors (Lipinski definition) is 2. The summed E-state index contributed by atoms with van der Waals surface area (Å²) in [6, 6.07) is 12.3. The van der Waals surface area contributed by atoms with Gasteiger partial charge in [0.25, 0.3) is 5.91 Å². The lowest BCUT2D eigenvalue weighted by molar-refractivity contribution is -0.173. The van der Waals surface area contributed by atoms with Crippen molar-refractivity contribution in [3.05, 3.63) is 71.4 Å². The molecule has 2 aromatic carbocycles. The van der Waals surface area contributed by atoms with Gasteiger partial charge in [0.1, 0.15) is 17.1 Å². The van der Waals surface area contributed by atoms with Gasteiger partial charge in [-0.2, -0.15) is 23.5 Å². The van der Waals surface area contributed by atoms with Crippen LogP contribution >= 0.6 is 0 Å². The molecule has 0 saturated carbocycles. The van der Waals surface area contributed by atoms with E-state index in [4.69, 9.17) is 10.00 Å². The summed E-state index contributed by atoms with van der Waals surface area (Å²) in [7, 11) is 1.48. The third kappa shape index (κ3) is 4.09. The SMILES string of the molecule is COc1cccc([C@@H]2C[C@H](C(F)(F)F)n3ncc(C(=O)Nc4ccc(C#N)cc4)c3N2)c1. The topological polar surface area (TPSA) is 92.0 Å². The van der Waals surface area contributed by atoms with E-state index in [-0.39, 0.29) is 17.8 Å². The molecule has 2 atom stereocenters. The predicted octanol–water partition coefficient (Wildman–Crippen LogP) is 4.68. The maximum Gasteiger partial charge on any atom is 0.410 e. The molecule has 0 unspecified atom stereocenters. The van der Waals surface area contributed by atoms with Gasteiger partial charge in [0.15, 0.2) is 6.04 Å². The minimum atomic E-state index is -4.55. The van der Waals surface area contributed by atoms with Crippen LogP contribution < -0.4 is 15.4 Å². The highest BCUT2D eigenvalue weighted by Gasteiger charge is 2.47. The molecule has 3 aromatic rings. The molecule has 4 rings (SSSR count). The lowest BCUT2D eigenvalue weighted by Crippen LogP contribution is -2.36. The molecule has 0 spiro atoms. The molecule has 7 nitrogen and oxygen atoms in total.